The van der Waals surface area contributed by atoms with Crippen LogP contribution in [0.15, 0.2) is 24.3 Å². The number of likely N-dealkylation sites (tertiary alicyclic amines) is 1. The van der Waals surface area contributed by atoms with E-state index in [-0.39, 0.29) is 42.7 Å². The van der Waals surface area contributed by atoms with Gasteiger partial charge in [-0.25, -0.2) is 0 Å². The van der Waals surface area contributed by atoms with E-state index < -0.39 is 0 Å². The van der Waals surface area contributed by atoms with E-state index in [0.717, 1.165) is 12.8 Å². The van der Waals surface area contributed by atoms with Crippen molar-refractivity contribution in [2.45, 2.75) is 39.5 Å². The second-order valence-electron chi connectivity index (χ2n) is 8.09. The van der Waals surface area contributed by atoms with Gasteiger partial charge in [-0.15, -0.1) is 0 Å². The maximum Gasteiger partial charge on any atom is 0.310 e. The van der Waals surface area contributed by atoms with Crippen molar-refractivity contribution in [1.82, 2.24) is 15.1 Å². The van der Waals surface area contributed by atoms with Crippen molar-refractivity contribution in [1.29, 1.82) is 0 Å². The molecule has 1 aliphatic heterocycles. The van der Waals surface area contributed by atoms with E-state index >= 15 is 0 Å². The van der Waals surface area contributed by atoms with E-state index in [1.165, 1.54) is 11.9 Å². The highest BCUT2D eigenvalue weighted by Crippen LogP contribution is 2.18. The number of benzene rings is 1. The number of nitrogens with zero attached hydrogens (tertiary/aromatic N) is 2. The van der Waals surface area contributed by atoms with E-state index in [2.05, 4.69) is 12.2 Å². The van der Waals surface area contributed by atoms with Gasteiger partial charge >= 0.3 is 5.97 Å². The van der Waals surface area contributed by atoms with Gasteiger partial charge < -0.3 is 24.6 Å². The van der Waals surface area contributed by atoms with E-state index in [4.69, 9.17) is 9.47 Å². The van der Waals surface area contributed by atoms with Gasteiger partial charge in [0.1, 0.15) is 5.75 Å². The predicted molar refractivity (Wildman–Crippen MR) is 123 cm³/mol. The Balaban J connectivity index is 1.77. The van der Waals surface area contributed by atoms with Crippen LogP contribution in [0.3, 0.4) is 0 Å². The molecule has 1 atom stereocenters. The fourth-order valence-corrected chi connectivity index (χ4v) is 3.48. The van der Waals surface area contributed by atoms with Gasteiger partial charge in [0.05, 0.1) is 32.2 Å². The Bertz CT molecular complexity index is 811. The Morgan fingerprint density at radius 1 is 1.15 bits per heavy atom. The van der Waals surface area contributed by atoms with Crippen LogP contribution in [0.25, 0.3) is 0 Å². The molecule has 33 heavy (non-hydrogen) atoms. The summed E-state index contributed by atoms with van der Waals surface area (Å²) in [6.07, 6.45) is 3.41. The zero-order valence-electron chi connectivity index (χ0n) is 19.8. The van der Waals surface area contributed by atoms with Gasteiger partial charge in [0, 0.05) is 25.7 Å². The van der Waals surface area contributed by atoms with Crippen molar-refractivity contribution >= 4 is 23.7 Å². The number of unbranched alkanes of at least 4 members (excludes halogenated alkanes) is 1. The average Bonchev–Trinajstić information content (AvgIpc) is 2.83. The SMILES string of the molecule is CCCCOc1ccc(C(=O)NCC(=O)N(C)CC(=O)N2CCCC(C(=O)OCC)C2)cc1. The summed E-state index contributed by atoms with van der Waals surface area (Å²) in [6, 6.07) is 6.73. The van der Waals surface area contributed by atoms with Gasteiger partial charge in [-0.3, -0.25) is 19.2 Å². The van der Waals surface area contributed by atoms with Crippen molar-refractivity contribution in [3.8, 4) is 5.75 Å². The van der Waals surface area contributed by atoms with E-state index in [9.17, 15) is 19.2 Å². The summed E-state index contributed by atoms with van der Waals surface area (Å²) in [5, 5.41) is 2.58. The third-order valence-electron chi connectivity index (χ3n) is 5.48. The van der Waals surface area contributed by atoms with Crippen LogP contribution < -0.4 is 10.1 Å². The molecule has 0 aromatic heterocycles. The number of hydrogen-bond acceptors (Lipinski definition) is 6. The van der Waals surface area contributed by atoms with Gasteiger partial charge in [0.25, 0.3) is 5.91 Å². The average molecular weight is 462 g/mol. The summed E-state index contributed by atoms with van der Waals surface area (Å²) in [5.41, 5.74) is 0.419. The molecule has 0 spiro atoms. The first kappa shape index (κ1) is 26.2. The molecule has 9 nitrogen and oxygen atoms in total. The molecule has 3 amide bonds. The highest BCUT2D eigenvalue weighted by atomic mass is 16.5. The Hall–Kier alpha value is -3.10. The van der Waals surface area contributed by atoms with Gasteiger partial charge in [-0.1, -0.05) is 13.3 Å². The lowest BCUT2D eigenvalue weighted by molar-refractivity contribution is -0.152. The van der Waals surface area contributed by atoms with Crippen LogP contribution >= 0.6 is 0 Å². The van der Waals surface area contributed by atoms with Crippen LogP contribution in [0.4, 0.5) is 0 Å². The van der Waals surface area contributed by atoms with Crippen molar-refractivity contribution in [3.63, 3.8) is 0 Å². The zero-order valence-corrected chi connectivity index (χ0v) is 19.8. The largest absolute Gasteiger partial charge is 0.494 e. The second kappa shape index (κ2) is 13.4. The number of rotatable bonds is 11. The van der Waals surface area contributed by atoms with Crippen LogP contribution in [-0.4, -0.2) is 79.9 Å². The predicted octanol–water partition coefficient (Wildman–Crippen LogP) is 1.86. The van der Waals surface area contributed by atoms with Crippen LogP contribution in [0.1, 0.15) is 49.9 Å². The quantitative estimate of drug-likeness (QED) is 0.398. The molecule has 0 saturated carbocycles. The third-order valence-corrected chi connectivity index (χ3v) is 5.48. The summed E-state index contributed by atoms with van der Waals surface area (Å²) >= 11 is 0. The topological polar surface area (TPSA) is 105 Å². The minimum absolute atomic E-state index is 0.117. The molecule has 1 aromatic rings. The first-order chi connectivity index (χ1) is 15.8. The number of likely N-dealkylation sites (N-methyl/N-ethyl adjacent to an activating group) is 1. The summed E-state index contributed by atoms with van der Waals surface area (Å²) in [4.78, 5) is 52.2. The van der Waals surface area contributed by atoms with Crippen molar-refractivity contribution in [2.75, 3.05) is 46.4 Å². The summed E-state index contributed by atoms with van der Waals surface area (Å²) < 4.78 is 10.6. The second-order valence-corrected chi connectivity index (χ2v) is 8.09. The van der Waals surface area contributed by atoms with Crippen molar-refractivity contribution in [3.05, 3.63) is 29.8 Å². The number of carbonyl (C=O) groups excluding carboxylic acids is 4. The first-order valence-corrected chi connectivity index (χ1v) is 11.5. The number of carbonyl (C=O) groups is 4. The minimum Gasteiger partial charge on any atom is -0.494 e. The minimum atomic E-state index is -0.379. The number of nitrogens with one attached hydrogen (secondary N) is 1. The molecular formula is C24H35N3O6. The maximum atomic E-state index is 12.6. The summed E-state index contributed by atoms with van der Waals surface area (Å²) in [7, 11) is 1.52. The monoisotopic (exact) mass is 461 g/mol. The van der Waals surface area contributed by atoms with Crippen LogP contribution in [0.2, 0.25) is 0 Å². The van der Waals surface area contributed by atoms with Gasteiger partial charge in [0.2, 0.25) is 11.8 Å². The molecule has 9 heteroatoms. The molecule has 0 radical (unpaired) electrons. The first-order valence-electron chi connectivity index (χ1n) is 11.5. The number of ether oxygens (including phenoxy) is 2. The van der Waals surface area contributed by atoms with Gasteiger partial charge in [-0.2, -0.15) is 0 Å². The summed E-state index contributed by atoms with van der Waals surface area (Å²) in [6.45, 7) is 5.28. The highest BCUT2D eigenvalue weighted by Gasteiger charge is 2.30. The lowest BCUT2D eigenvalue weighted by Crippen LogP contribution is -2.48. The van der Waals surface area contributed by atoms with Crippen LogP contribution in [-0.2, 0) is 19.1 Å². The fourth-order valence-electron chi connectivity index (χ4n) is 3.48. The smallest absolute Gasteiger partial charge is 0.310 e. The maximum absolute atomic E-state index is 12.6. The normalized spacial score (nSPS) is 15.5. The standard InChI is InChI=1S/C24H35N3O6/c1-4-6-14-33-20-11-9-18(10-12-20)23(30)25-15-21(28)26(3)17-22(29)27-13-7-8-19(16-27)24(31)32-5-2/h9-12,19H,4-8,13-17H2,1-3H3,(H,25,30). The Morgan fingerprint density at radius 3 is 2.55 bits per heavy atom. The van der Waals surface area contributed by atoms with Crippen LogP contribution in [0.5, 0.6) is 5.75 Å². The fraction of sp³-hybridized carbons (Fsp3) is 0.583. The highest BCUT2D eigenvalue weighted by molar-refractivity contribution is 5.97. The molecule has 1 N–H and O–H groups in total. The van der Waals surface area contributed by atoms with Crippen LogP contribution in [0, 0.1) is 5.92 Å². The molecule has 1 aliphatic rings. The number of esters is 1. The van der Waals surface area contributed by atoms with Crippen molar-refractivity contribution in [2.24, 2.45) is 5.92 Å². The molecule has 1 heterocycles. The lowest BCUT2D eigenvalue weighted by atomic mass is 9.98. The number of amides is 3. The Labute approximate surface area is 195 Å². The van der Waals surface area contributed by atoms with E-state index in [1.807, 2.05) is 0 Å². The number of piperidine rings is 1. The van der Waals surface area contributed by atoms with E-state index in [1.54, 1.807) is 36.1 Å². The molecule has 1 unspecified atom stereocenters. The molecule has 0 aliphatic carbocycles. The molecular weight excluding hydrogens is 426 g/mol. The summed E-state index contributed by atoms with van der Waals surface area (Å²) in [5.74, 6) is -0.914. The lowest BCUT2D eigenvalue weighted by Gasteiger charge is -2.32. The number of hydrogen-bond donors (Lipinski definition) is 1. The van der Waals surface area contributed by atoms with Gasteiger partial charge in [0.15, 0.2) is 0 Å². The zero-order chi connectivity index (χ0) is 24.2. The molecule has 182 valence electrons. The molecule has 1 aromatic carbocycles. The third kappa shape index (κ3) is 8.40. The Morgan fingerprint density at radius 2 is 1.88 bits per heavy atom. The molecule has 1 saturated heterocycles. The molecule has 2 rings (SSSR count). The molecule has 0 bridgehead atoms. The van der Waals surface area contributed by atoms with Gasteiger partial charge in [-0.05, 0) is 50.5 Å². The van der Waals surface area contributed by atoms with E-state index in [0.29, 0.717) is 50.5 Å². The molecule has 1 fully saturated rings. The Kier molecular flexibility index (Phi) is 10.7. The van der Waals surface area contributed by atoms with Crippen molar-refractivity contribution < 1.29 is 28.7 Å².